The Morgan fingerprint density at radius 3 is 2.52 bits per heavy atom. The molecule has 0 bridgehead atoms. The molecule has 1 amide bonds. The van der Waals surface area contributed by atoms with Crippen LogP contribution >= 0.6 is 0 Å². The molecule has 1 aromatic rings. The number of hydrogen-bond donors (Lipinski definition) is 1. The smallest absolute Gasteiger partial charge is 0.366 e. The number of nitrogens with zero attached hydrogens (tertiary/aromatic N) is 3. The number of aromatic nitrogens is 1. The standard InChI is InChI=1S/C16H21F3N4O3S/c17-16(18,19)11-22-4-3-13(10-22)21-14-2-1-12(9-20-14)15(24)23-5-7-27(25,26)8-6-23/h1-2,9,13H,3-8,10-11H2,(H,20,21). The molecule has 2 fully saturated rings. The molecule has 2 saturated heterocycles. The number of anilines is 1. The van der Waals surface area contributed by atoms with E-state index in [1.807, 2.05) is 0 Å². The molecule has 0 aliphatic carbocycles. The van der Waals surface area contributed by atoms with Gasteiger partial charge in [-0.25, -0.2) is 13.4 Å². The van der Waals surface area contributed by atoms with Gasteiger partial charge in [-0.2, -0.15) is 13.2 Å². The highest BCUT2D eigenvalue weighted by Crippen LogP contribution is 2.21. The Balaban J connectivity index is 1.53. The Morgan fingerprint density at radius 1 is 1.22 bits per heavy atom. The highest BCUT2D eigenvalue weighted by molar-refractivity contribution is 7.91. The maximum Gasteiger partial charge on any atom is 0.401 e. The topological polar surface area (TPSA) is 82.6 Å². The molecule has 3 heterocycles. The third-order valence-electron chi connectivity index (χ3n) is 4.67. The summed E-state index contributed by atoms with van der Waals surface area (Å²) in [6, 6.07) is 3.07. The number of pyridine rings is 1. The Bertz CT molecular complexity index is 769. The average molecular weight is 406 g/mol. The van der Waals surface area contributed by atoms with Gasteiger partial charge in [0.15, 0.2) is 9.84 Å². The van der Waals surface area contributed by atoms with E-state index in [0.29, 0.717) is 24.3 Å². The highest BCUT2D eigenvalue weighted by atomic mass is 32.2. The molecular weight excluding hydrogens is 385 g/mol. The van der Waals surface area contributed by atoms with Gasteiger partial charge in [0.1, 0.15) is 5.82 Å². The van der Waals surface area contributed by atoms with E-state index in [1.165, 1.54) is 16.0 Å². The van der Waals surface area contributed by atoms with Crippen LogP contribution in [0.4, 0.5) is 19.0 Å². The summed E-state index contributed by atoms with van der Waals surface area (Å²) in [5.41, 5.74) is 0.352. The molecule has 0 spiro atoms. The van der Waals surface area contributed by atoms with Crippen LogP contribution < -0.4 is 5.32 Å². The first kappa shape index (κ1) is 19.9. The summed E-state index contributed by atoms with van der Waals surface area (Å²) in [6.07, 6.45) is -2.22. The number of hydrogen-bond acceptors (Lipinski definition) is 6. The molecule has 11 heteroatoms. The van der Waals surface area contributed by atoms with Crippen molar-refractivity contribution in [3.63, 3.8) is 0 Å². The van der Waals surface area contributed by atoms with Crippen LogP contribution in [-0.2, 0) is 9.84 Å². The van der Waals surface area contributed by atoms with Crippen molar-refractivity contribution in [3.05, 3.63) is 23.9 Å². The molecule has 27 heavy (non-hydrogen) atoms. The highest BCUT2D eigenvalue weighted by Gasteiger charge is 2.34. The van der Waals surface area contributed by atoms with Crippen LogP contribution in [0.3, 0.4) is 0 Å². The summed E-state index contributed by atoms with van der Waals surface area (Å²) in [5.74, 6) is 0.136. The first-order valence-corrected chi connectivity index (χ1v) is 10.4. The van der Waals surface area contributed by atoms with Gasteiger partial charge in [-0.05, 0) is 18.6 Å². The van der Waals surface area contributed by atoms with E-state index in [9.17, 15) is 26.4 Å². The minimum atomic E-state index is -4.21. The number of nitrogens with one attached hydrogen (secondary N) is 1. The van der Waals surface area contributed by atoms with Crippen LogP contribution in [-0.4, -0.2) is 85.6 Å². The van der Waals surface area contributed by atoms with Crippen molar-refractivity contribution in [3.8, 4) is 0 Å². The van der Waals surface area contributed by atoms with Gasteiger partial charge in [0.05, 0.1) is 23.6 Å². The molecule has 2 aliphatic heterocycles. The molecule has 0 aromatic carbocycles. The van der Waals surface area contributed by atoms with Gasteiger partial charge in [-0.3, -0.25) is 9.69 Å². The van der Waals surface area contributed by atoms with Crippen molar-refractivity contribution in [1.29, 1.82) is 0 Å². The van der Waals surface area contributed by atoms with Gasteiger partial charge >= 0.3 is 6.18 Å². The Labute approximate surface area is 155 Å². The number of carbonyl (C=O) groups excluding carboxylic acids is 1. The maximum absolute atomic E-state index is 12.4. The Kier molecular flexibility index (Phi) is 5.61. The number of likely N-dealkylation sites (tertiary alicyclic amines) is 1. The van der Waals surface area contributed by atoms with Gasteiger partial charge in [0.25, 0.3) is 5.91 Å². The van der Waals surface area contributed by atoms with Gasteiger partial charge < -0.3 is 10.2 Å². The van der Waals surface area contributed by atoms with Gasteiger partial charge in [0, 0.05) is 38.4 Å². The van der Waals surface area contributed by atoms with E-state index in [0.717, 1.165) is 0 Å². The lowest BCUT2D eigenvalue weighted by Gasteiger charge is -2.26. The molecule has 2 aliphatic rings. The van der Waals surface area contributed by atoms with Crippen LogP contribution in [0.1, 0.15) is 16.8 Å². The van der Waals surface area contributed by atoms with Crippen LogP contribution in [0.2, 0.25) is 0 Å². The first-order chi connectivity index (χ1) is 12.6. The summed E-state index contributed by atoms with van der Waals surface area (Å²) >= 11 is 0. The lowest BCUT2D eigenvalue weighted by atomic mass is 10.2. The third kappa shape index (κ3) is 5.55. The van der Waals surface area contributed by atoms with E-state index >= 15 is 0 Å². The van der Waals surface area contributed by atoms with Gasteiger partial charge in [-0.1, -0.05) is 0 Å². The zero-order chi connectivity index (χ0) is 19.7. The van der Waals surface area contributed by atoms with Crippen LogP contribution in [0.25, 0.3) is 0 Å². The minimum Gasteiger partial charge on any atom is -0.366 e. The lowest BCUT2D eigenvalue weighted by molar-refractivity contribution is -0.143. The molecule has 3 rings (SSSR count). The van der Waals surface area contributed by atoms with E-state index in [4.69, 9.17) is 0 Å². The second-order valence-corrected chi connectivity index (χ2v) is 9.16. The molecule has 7 nitrogen and oxygen atoms in total. The van der Waals surface area contributed by atoms with Crippen LogP contribution in [0.15, 0.2) is 18.3 Å². The predicted octanol–water partition coefficient (Wildman–Crippen LogP) is 1.00. The largest absolute Gasteiger partial charge is 0.401 e. The van der Waals surface area contributed by atoms with Crippen LogP contribution in [0.5, 0.6) is 0 Å². The number of carbonyl (C=O) groups is 1. The number of halogens is 3. The van der Waals surface area contributed by atoms with Crippen molar-refractivity contribution in [1.82, 2.24) is 14.8 Å². The molecule has 1 atom stereocenters. The van der Waals surface area contributed by atoms with E-state index in [1.54, 1.807) is 12.1 Å². The monoisotopic (exact) mass is 406 g/mol. The molecule has 0 radical (unpaired) electrons. The zero-order valence-electron chi connectivity index (χ0n) is 14.6. The molecule has 1 unspecified atom stereocenters. The number of amides is 1. The summed E-state index contributed by atoms with van der Waals surface area (Å²) in [4.78, 5) is 19.4. The summed E-state index contributed by atoms with van der Waals surface area (Å²) < 4.78 is 60.2. The predicted molar refractivity (Wildman–Crippen MR) is 93.3 cm³/mol. The second kappa shape index (κ2) is 7.63. The summed E-state index contributed by atoms with van der Waals surface area (Å²) in [6.45, 7) is 0.0594. The average Bonchev–Trinajstić information content (AvgIpc) is 3.00. The normalized spacial score (nSPS) is 23.4. The van der Waals surface area contributed by atoms with E-state index < -0.39 is 22.6 Å². The van der Waals surface area contributed by atoms with Gasteiger partial charge in [0.2, 0.25) is 0 Å². The number of rotatable bonds is 4. The number of sulfone groups is 1. The fourth-order valence-corrected chi connectivity index (χ4v) is 4.46. The van der Waals surface area contributed by atoms with Crippen molar-refractivity contribution < 1.29 is 26.4 Å². The lowest BCUT2D eigenvalue weighted by Crippen LogP contribution is -2.43. The first-order valence-electron chi connectivity index (χ1n) is 8.63. The fourth-order valence-electron chi connectivity index (χ4n) is 3.26. The summed E-state index contributed by atoms with van der Waals surface area (Å²) in [5, 5.41) is 3.09. The number of alkyl halides is 3. The quantitative estimate of drug-likeness (QED) is 0.804. The van der Waals surface area contributed by atoms with Crippen LogP contribution in [0, 0.1) is 0 Å². The summed E-state index contributed by atoms with van der Waals surface area (Å²) in [7, 11) is -3.06. The van der Waals surface area contributed by atoms with E-state index in [2.05, 4.69) is 10.3 Å². The second-order valence-electron chi connectivity index (χ2n) is 6.86. The minimum absolute atomic E-state index is 0.0398. The Morgan fingerprint density at radius 2 is 1.93 bits per heavy atom. The molecule has 1 aromatic heterocycles. The SMILES string of the molecule is O=C(c1ccc(NC2CCN(CC(F)(F)F)C2)nc1)N1CCS(=O)(=O)CC1. The Hall–Kier alpha value is -1.88. The molecule has 1 N–H and O–H groups in total. The molecule has 0 saturated carbocycles. The van der Waals surface area contributed by atoms with Crippen molar-refractivity contribution >= 4 is 21.6 Å². The van der Waals surface area contributed by atoms with E-state index in [-0.39, 0.29) is 43.1 Å². The zero-order valence-corrected chi connectivity index (χ0v) is 15.4. The van der Waals surface area contributed by atoms with Crippen molar-refractivity contribution in [2.75, 3.05) is 49.5 Å². The van der Waals surface area contributed by atoms with Crippen molar-refractivity contribution in [2.45, 2.75) is 18.6 Å². The molecule has 150 valence electrons. The van der Waals surface area contributed by atoms with Crippen molar-refractivity contribution in [2.24, 2.45) is 0 Å². The fraction of sp³-hybridized carbons (Fsp3) is 0.625. The molecular formula is C16H21F3N4O3S. The van der Waals surface area contributed by atoms with Gasteiger partial charge in [-0.15, -0.1) is 0 Å². The third-order valence-corrected chi connectivity index (χ3v) is 6.28. The maximum atomic E-state index is 12.4.